The maximum atomic E-state index is 9.69. The second kappa shape index (κ2) is 6.99. The monoisotopic (exact) mass is 287 g/mol. The molecular weight excluding hydrogens is 266 g/mol. The molecule has 2 N–H and O–H groups in total. The quantitative estimate of drug-likeness (QED) is 0.857. The van der Waals surface area contributed by atoms with Crippen LogP contribution in [0.2, 0.25) is 0 Å². The average Bonchev–Trinajstić information content (AvgIpc) is 2.52. The van der Waals surface area contributed by atoms with Crippen LogP contribution in [-0.4, -0.2) is 25.9 Å². The number of rotatable bonds is 6. The summed E-state index contributed by atoms with van der Waals surface area (Å²) in [5.74, 6) is 1.59. The fraction of sp³-hybridized carbons (Fsp3) is 0.294. The Morgan fingerprint density at radius 1 is 1.05 bits per heavy atom. The molecular formula is C17H21NO3. The van der Waals surface area contributed by atoms with E-state index in [1.165, 1.54) is 0 Å². The number of aliphatic hydroxyl groups excluding tert-OH is 1. The van der Waals surface area contributed by atoms with E-state index in [9.17, 15) is 5.11 Å². The first-order valence-electron chi connectivity index (χ1n) is 6.84. The van der Waals surface area contributed by atoms with E-state index in [4.69, 9.17) is 9.47 Å². The third-order valence-corrected chi connectivity index (χ3v) is 3.44. The van der Waals surface area contributed by atoms with E-state index in [0.717, 1.165) is 28.3 Å². The fourth-order valence-corrected chi connectivity index (χ4v) is 2.30. The lowest BCUT2D eigenvalue weighted by Crippen LogP contribution is -2.15. The topological polar surface area (TPSA) is 50.7 Å². The highest BCUT2D eigenvalue weighted by molar-refractivity contribution is 5.57. The van der Waals surface area contributed by atoms with Crippen molar-refractivity contribution in [2.45, 2.75) is 13.0 Å². The Bertz CT molecular complexity index is 598. The number of aliphatic hydroxyl groups is 1. The van der Waals surface area contributed by atoms with E-state index in [1.807, 2.05) is 49.4 Å². The first kappa shape index (κ1) is 15.2. The van der Waals surface area contributed by atoms with Crippen LogP contribution in [0.25, 0.3) is 0 Å². The highest BCUT2D eigenvalue weighted by Crippen LogP contribution is 2.29. The summed E-state index contributed by atoms with van der Waals surface area (Å²) in [5.41, 5.74) is 2.89. The molecule has 4 heteroatoms. The molecule has 21 heavy (non-hydrogen) atoms. The summed E-state index contributed by atoms with van der Waals surface area (Å²) in [7, 11) is 3.28. The maximum Gasteiger partial charge on any atom is 0.141 e. The van der Waals surface area contributed by atoms with Crippen LogP contribution >= 0.6 is 0 Å². The highest BCUT2D eigenvalue weighted by Gasteiger charge is 2.13. The molecule has 1 unspecified atom stereocenters. The van der Waals surface area contributed by atoms with Gasteiger partial charge < -0.3 is 19.9 Å². The van der Waals surface area contributed by atoms with Gasteiger partial charge in [0.15, 0.2) is 0 Å². The first-order chi connectivity index (χ1) is 10.2. The third kappa shape index (κ3) is 3.47. The molecule has 112 valence electrons. The second-order valence-electron chi connectivity index (χ2n) is 4.81. The molecule has 0 heterocycles. The Morgan fingerprint density at radius 3 is 2.38 bits per heavy atom. The number of anilines is 1. The summed E-state index contributed by atoms with van der Waals surface area (Å²) in [4.78, 5) is 0. The molecule has 0 fully saturated rings. The van der Waals surface area contributed by atoms with Gasteiger partial charge in [0.05, 0.1) is 32.6 Å². The van der Waals surface area contributed by atoms with Crippen molar-refractivity contribution in [3.05, 3.63) is 53.6 Å². The fourth-order valence-electron chi connectivity index (χ4n) is 2.30. The van der Waals surface area contributed by atoms with E-state index < -0.39 is 0 Å². The molecule has 0 saturated heterocycles. The standard InChI is InChI=1S/C17H21NO3/c1-12-10-13(8-9-16(12)20-2)15(11-19)18-14-6-4-5-7-17(14)21-3/h4-10,15,18-19H,11H2,1-3H3. The van der Waals surface area contributed by atoms with Crippen LogP contribution in [0.4, 0.5) is 5.69 Å². The maximum absolute atomic E-state index is 9.69. The van der Waals surface area contributed by atoms with E-state index in [2.05, 4.69) is 5.32 Å². The van der Waals surface area contributed by atoms with Gasteiger partial charge in [0.25, 0.3) is 0 Å². The molecule has 0 aliphatic heterocycles. The molecule has 0 spiro atoms. The molecule has 0 radical (unpaired) electrons. The van der Waals surface area contributed by atoms with Crippen molar-refractivity contribution in [1.82, 2.24) is 0 Å². The number of para-hydroxylation sites is 2. The van der Waals surface area contributed by atoms with Crippen molar-refractivity contribution in [1.29, 1.82) is 0 Å². The minimum atomic E-state index is -0.203. The molecule has 2 rings (SSSR count). The number of hydrogen-bond acceptors (Lipinski definition) is 4. The Kier molecular flexibility index (Phi) is 5.06. The predicted octanol–water partition coefficient (Wildman–Crippen LogP) is 3.16. The Morgan fingerprint density at radius 2 is 1.76 bits per heavy atom. The van der Waals surface area contributed by atoms with Gasteiger partial charge in [0.1, 0.15) is 11.5 Å². The summed E-state index contributed by atoms with van der Waals surface area (Å²) in [5, 5.41) is 13.0. The van der Waals surface area contributed by atoms with Gasteiger partial charge in [-0.25, -0.2) is 0 Å². The van der Waals surface area contributed by atoms with Gasteiger partial charge in [-0.2, -0.15) is 0 Å². The van der Waals surface area contributed by atoms with Gasteiger partial charge in [-0.15, -0.1) is 0 Å². The van der Waals surface area contributed by atoms with Crippen molar-refractivity contribution < 1.29 is 14.6 Å². The van der Waals surface area contributed by atoms with E-state index in [1.54, 1.807) is 14.2 Å². The zero-order valence-corrected chi connectivity index (χ0v) is 12.6. The number of hydrogen-bond donors (Lipinski definition) is 2. The normalized spacial score (nSPS) is 11.8. The van der Waals surface area contributed by atoms with Crippen molar-refractivity contribution in [2.24, 2.45) is 0 Å². The van der Waals surface area contributed by atoms with Crippen LogP contribution in [0.3, 0.4) is 0 Å². The minimum absolute atomic E-state index is 0.0101. The molecule has 0 aliphatic rings. The predicted molar refractivity (Wildman–Crippen MR) is 84.2 cm³/mol. The van der Waals surface area contributed by atoms with Crippen LogP contribution in [-0.2, 0) is 0 Å². The second-order valence-corrected chi connectivity index (χ2v) is 4.81. The summed E-state index contributed by atoms with van der Waals surface area (Å²) < 4.78 is 10.6. The number of nitrogens with one attached hydrogen (secondary N) is 1. The van der Waals surface area contributed by atoms with Crippen molar-refractivity contribution in [3.8, 4) is 11.5 Å². The minimum Gasteiger partial charge on any atom is -0.496 e. The van der Waals surface area contributed by atoms with Gasteiger partial charge in [-0.05, 0) is 36.2 Å². The Balaban J connectivity index is 2.25. The largest absolute Gasteiger partial charge is 0.496 e. The van der Waals surface area contributed by atoms with E-state index in [0.29, 0.717) is 0 Å². The number of benzene rings is 2. The zero-order chi connectivity index (χ0) is 15.2. The van der Waals surface area contributed by atoms with Crippen LogP contribution in [0, 0.1) is 6.92 Å². The number of ether oxygens (including phenoxy) is 2. The molecule has 0 aromatic heterocycles. The van der Waals surface area contributed by atoms with Gasteiger partial charge >= 0.3 is 0 Å². The SMILES string of the molecule is COc1ccc(C(CO)Nc2ccccc2OC)cc1C. The third-order valence-electron chi connectivity index (χ3n) is 3.44. The van der Waals surface area contributed by atoms with Crippen molar-refractivity contribution in [2.75, 3.05) is 26.1 Å². The molecule has 2 aromatic carbocycles. The van der Waals surface area contributed by atoms with Gasteiger partial charge in [-0.3, -0.25) is 0 Å². The lowest BCUT2D eigenvalue weighted by atomic mass is 10.0. The highest BCUT2D eigenvalue weighted by atomic mass is 16.5. The summed E-state index contributed by atoms with van der Waals surface area (Å²) in [6, 6.07) is 13.3. The lowest BCUT2D eigenvalue weighted by molar-refractivity contribution is 0.276. The summed E-state index contributed by atoms with van der Waals surface area (Å²) in [6.45, 7) is 1.98. The van der Waals surface area contributed by atoms with E-state index in [-0.39, 0.29) is 12.6 Å². The molecule has 0 bridgehead atoms. The van der Waals surface area contributed by atoms with Gasteiger partial charge in [-0.1, -0.05) is 24.3 Å². The molecule has 1 atom stereocenters. The van der Waals surface area contributed by atoms with Gasteiger partial charge in [0.2, 0.25) is 0 Å². The average molecular weight is 287 g/mol. The smallest absolute Gasteiger partial charge is 0.141 e. The van der Waals surface area contributed by atoms with Crippen molar-refractivity contribution in [3.63, 3.8) is 0 Å². The van der Waals surface area contributed by atoms with Crippen LogP contribution < -0.4 is 14.8 Å². The van der Waals surface area contributed by atoms with Gasteiger partial charge in [0, 0.05) is 0 Å². The molecule has 4 nitrogen and oxygen atoms in total. The molecule has 0 aliphatic carbocycles. The summed E-state index contributed by atoms with van der Waals surface area (Å²) in [6.07, 6.45) is 0. The Hall–Kier alpha value is -2.20. The van der Waals surface area contributed by atoms with E-state index >= 15 is 0 Å². The first-order valence-corrected chi connectivity index (χ1v) is 6.84. The van der Waals surface area contributed by atoms with Crippen LogP contribution in [0.15, 0.2) is 42.5 Å². The molecule has 0 amide bonds. The number of aryl methyl sites for hydroxylation is 1. The zero-order valence-electron chi connectivity index (χ0n) is 12.6. The molecule has 0 saturated carbocycles. The molecule has 2 aromatic rings. The summed E-state index contributed by atoms with van der Waals surface area (Å²) >= 11 is 0. The van der Waals surface area contributed by atoms with Crippen LogP contribution in [0.5, 0.6) is 11.5 Å². The lowest BCUT2D eigenvalue weighted by Gasteiger charge is -2.20. The van der Waals surface area contributed by atoms with Crippen molar-refractivity contribution >= 4 is 5.69 Å². The number of methoxy groups -OCH3 is 2. The Labute approximate surface area is 125 Å². The van der Waals surface area contributed by atoms with Crippen LogP contribution in [0.1, 0.15) is 17.2 Å².